The van der Waals surface area contributed by atoms with Gasteiger partial charge in [-0.1, -0.05) is 32.0 Å². The van der Waals surface area contributed by atoms with E-state index in [9.17, 15) is 14.4 Å². The van der Waals surface area contributed by atoms with Crippen molar-refractivity contribution in [3.8, 4) is 0 Å². The van der Waals surface area contributed by atoms with Gasteiger partial charge in [-0.3, -0.25) is 14.4 Å². The third-order valence-electron chi connectivity index (χ3n) is 3.98. The zero-order valence-corrected chi connectivity index (χ0v) is 16.6. The molecule has 0 spiro atoms. The predicted octanol–water partition coefficient (Wildman–Crippen LogP) is 3.09. The van der Waals surface area contributed by atoms with Gasteiger partial charge in [-0.05, 0) is 43.0 Å². The van der Waals surface area contributed by atoms with Crippen molar-refractivity contribution in [1.29, 1.82) is 0 Å². The second kappa shape index (κ2) is 9.87. The summed E-state index contributed by atoms with van der Waals surface area (Å²) in [6.07, 6.45) is 1.58. The second-order valence-corrected chi connectivity index (χ2v) is 7.25. The minimum Gasteiger partial charge on any atom is -0.454 e. The number of thiophene rings is 1. The van der Waals surface area contributed by atoms with Crippen LogP contribution < -0.4 is 10.6 Å². The molecule has 2 N–H and O–H groups in total. The zero-order chi connectivity index (χ0) is 19.8. The molecule has 0 unspecified atom stereocenters. The topological polar surface area (TPSA) is 84.5 Å². The van der Waals surface area contributed by atoms with Crippen LogP contribution in [-0.2, 0) is 27.2 Å². The normalized spacial score (nSPS) is 10.3. The molecule has 1 heterocycles. The molecule has 6 nitrogen and oxygen atoms in total. The van der Waals surface area contributed by atoms with E-state index in [1.165, 1.54) is 11.3 Å². The summed E-state index contributed by atoms with van der Waals surface area (Å²) in [7, 11) is 0. The second-order valence-electron chi connectivity index (χ2n) is 5.96. The van der Waals surface area contributed by atoms with E-state index in [1.807, 2.05) is 45.0 Å². The van der Waals surface area contributed by atoms with Crippen molar-refractivity contribution in [2.45, 2.75) is 33.6 Å². The van der Waals surface area contributed by atoms with E-state index in [0.29, 0.717) is 4.88 Å². The zero-order valence-electron chi connectivity index (χ0n) is 15.8. The molecule has 27 heavy (non-hydrogen) atoms. The van der Waals surface area contributed by atoms with Crippen LogP contribution in [0.3, 0.4) is 0 Å². The molecule has 2 rings (SSSR count). The first-order valence-electron chi connectivity index (χ1n) is 8.85. The Morgan fingerprint density at radius 3 is 2.26 bits per heavy atom. The molecular formula is C20H24N2O4S. The summed E-state index contributed by atoms with van der Waals surface area (Å²) < 4.78 is 4.95. The van der Waals surface area contributed by atoms with Crippen molar-refractivity contribution < 1.29 is 19.1 Å². The first kappa shape index (κ1) is 20.6. The van der Waals surface area contributed by atoms with Crippen LogP contribution >= 0.6 is 11.3 Å². The van der Waals surface area contributed by atoms with E-state index in [4.69, 9.17) is 4.74 Å². The Balaban J connectivity index is 1.82. The van der Waals surface area contributed by atoms with E-state index in [1.54, 1.807) is 6.07 Å². The van der Waals surface area contributed by atoms with Crippen molar-refractivity contribution >= 4 is 34.8 Å². The van der Waals surface area contributed by atoms with Crippen LogP contribution in [0.5, 0.6) is 0 Å². The van der Waals surface area contributed by atoms with Gasteiger partial charge in [0.2, 0.25) is 0 Å². The number of carbonyl (C=O) groups excluding carboxylic acids is 3. The predicted molar refractivity (Wildman–Crippen MR) is 106 cm³/mol. The van der Waals surface area contributed by atoms with E-state index in [2.05, 4.69) is 10.6 Å². The van der Waals surface area contributed by atoms with Gasteiger partial charge in [-0.2, -0.15) is 0 Å². The van der Waals surface area contributed by atoms with Gasteiger partial charge in [0.25, 0.3) is 11.8 Å². The Labute approximate surface area is 162 Å². The lowest BCUT2D eigenvalue weighted by Crippen LogP contribution is -2.32. The summed E-state index contributed by atoms with van der Waals surface area (Å²) >= 11 is 1.35. The minimum absolute atomic E-state index is 0.283. The third kappa shape index (κ3) is 5.92. The maximum absolute atomic E-state index is 12.1. The van der Waals surface area contributed by atoms with E-state index in [0.717, 1.165) is 34.5 Å². The van der Waals surface area contributed by atoms with Crippen LogP contribution in [0.15, 0.2) is 30.3 Å². The number of benzene rings is 1. The fourth-order valence-electron chi connectivity index (χ4n) is 2.57. The summed E-state index contributed by atoms with van der Waals surface area (Å²) in [4.78, 5) is 37.4. The summed E-state index contributed by atoms with van der Waals surface area (Å²) in [5.41, 5.74) is 2.85. The highest BCUT2D eigenvalue weighted by molar-refractivity contribution is 7.13. The average Bonchev–Trinajstić information content (AvgIpc) is 3.11. The molecule has 2 amide bonds. The van der Waals surface area contributed by atoms with Gasteiger partial charge < -0.3 is 15.4 Å². The van der Waals surface area contributed by atoms with Crippen LogP contribution in [0.25, 0.3) is 0 Å². The highest BCUT2D eigenvalue weighted by Crippen LogP contribution is 2.22. The number of hydrogen-bond acceptors (Lipinski definition) is 5. The molecule has 0 aliphatic heterocycles. The van der Waals surface area contributed by atoms with Crippen LogP contribution in [0, 0.1) is 6.92 Å². The Morgan fingerprint density at radius 1 is 1.04 bits per heavy atom. The number of aryl methyl sites for hydroxylation is 3. The Kier molecular flexibility index (Phi) is 7.55. The Bertz CT molecular complexity index is 807. The largest absolute Gasteiger partial charge is 0.454 e. The van der Waals surface area contributed by atoms with Crippen molar-refractivity contribution in [3.63, 3.8) is 0 Å². The molecule has 0 saturated heterocycles. The lowest BCUT2D eigenvalue weighted by atomic mass is 10.0. The standard InChI is InChI=1S/C20H24N2O4S/c1-4-14-7-6-8-15(5-2)19(14)22-17(23)12-26-18(24)11-21-20(25)16-10-9-13(3)27-16/h6-10H,4-5,11-12H2,1-3H3,(H,21,25)(H,22,23). The maximum Gasteiger partial charge on any atom is 0.325 e. The minimum atomic E-state index is -0.661. The lowest BCUT2D eigenvalue weighted by Gasteiger charge is -2.14. The number of hydrogen-bond donors (Lipinski definition) is 2. The summed E-state index contributed by atoms with van der Waals surface area (Å²) in [6.45, 7) is 5.25. The molecule has 0 radical (unpaired) electrons. The molecule has 0 atom stereocenters. The Hall–Kier alpha value is -2.67. The maximum atomic E-state index is 12.1. The van der Waals surface area contributed by atoms with E-state index in [-0.39, 0.29) is 12.5 Å². The smallest absolute Gasteiger partial charge is 0.325 e. The third-order valence-corrected chi connectivity index (χ3v) is 4.98. The molecule has 0 saturated carbocycles. The van der Waals surface area contributed by atoms with Gasteiger partial charge >= 0.3 is 5.97 Å². The summed E-state index contributed by atoms with van der Waals surface area (Å²) in [5.74, 6) is -1.40. The van der Waals surface area contributed by atoms with Crippen molar-refractivity contribution in [2.75, 3.05) is 18.5 Å². The number of ether oxygens (including phenoxy) is 1. The average molecular weight is 388 g/mol. The van der Waals surface area contributed by atoms with Crippen molar-refractivity contribution in [1.82, 2.24) is 5.32 Å². The number of carbonyl (C=O) groups is 3. The molecule has 0 bridgehead atoms. The van der Waals surface area contributed by atoms with E-state index >= 15 is 0 Å². The molecular weight excluding hydrogens is 364 g/mol. The van der Waals surface area contributed by atoms with Gasteiger partial charge in [-0.15, -0.1) is 11.3 Å². The number of rotatable bonds is 8. The molecule has 1 aromatic carbocycles. The highest BCUT2D eigenvalue weighted by atomic mass is 32.1. The van der Waals surface area contributed by atoms with Crippen LogP contribution in [-0.4, -0.2) is 30.9 Å². The number of anilines is 1. The number of para-hydroxylation sites is 1. The molecule has 144 valence electrons. The monoisotopic (exact) mass is 388 g/mol. The van der Waals surface area contributed by atoms with Crippen molar-refractivity contribution in [2.24, 2.45) is 0 Å². The first-order valence-corrected chi connectivity index (χ1v) is 9.67. The van der Waals surface area contributed by atoms with Gasteiger partial charge in [-0.25, -0.2) is 0 Å². The molecule has 1 aromatic heterocycles. The lowest BCUT2D eigenvalue weighted by molar-refractivity contribution is -0.146. The van der Waals surface area contributed by atoms with Gasteiger partial charge in [0, 0.05) is 10.6 Å². The van der Waals surface area contributed by atoms with Crippen LogP contribution in [0.2, 0.25) is 0 Å². The van der Waals surface area contributed by atoms with Gasteiger partial charge in [0.1, 0.15) is 6.54 Å². The van der Waals surface area contributed by atoms with Crippen molar-refractivity contribution in [3.05, 3.63) is 51.2 Å². The fourth-order valence-corrected chi connectivity index (χ4v) is 3.36. The molecule has 7 heteroatoms. The fraction of sp³-hybridized carbons (Fsp3) is 0.350. The van der Waals surface area contributed by atoms with Gasteiger partial charge in [0.15, 0.2) is 6.61 Å². The first-order chi connectivity index (χ1) is 12.9. The quantitative estimate of drug-likeness (QED) is 0.681. The van der Waals surface area contributed by atoms with E-state index < -0.39 is 18.5 Å². The molecule has 0 fully saturated rings. The Morgan fingerprint density at radius 2 is 1.70 bits per heavy atom. The molecule has 2 aromatic rings. The van der Waals surface area contributed by atoms with Crippen LogP contribution in [0.4, 0.5) is 5.69 Å². The highest BCUT2D eigenvalue weighted by Gasteiger charge is 2.14. The number of nitrogens with one attached hydrogen (secondary N) is 2. The molecule has 0 aliphatic carbocycles. The van der Waals surface area contributed by atoms with Crippen LogP contribution in [0.1, 0.15) is 39.5 Å². The SMILES string of the molecule is CCc1cccc(CC)c1NC(=O)COC(=O)CNC(=O)c1ccc(C)s1. The number of esters is 1. The van der Waals surface area contributed by atoms with Gasteiger partial charge in [0.05, 0.1) is 4.88 Å². The summed E-state index contributed by atoms with van der Waals surface area (Å²) in [6, 6.07) is 9.42. The summed E-state index contributed by atoms with van der Waals surface area (Å²) in [5, 5.41) is 5.32. The number of amides is 2. The molecule has 0 aliphatic rings.